The molecule has 0 aliphatic carbocycles. The third-order valence-electron chi connectivity index (χ3n) is 7.90. The molecule has 0 amide bonds. The maximum Gasteiger partial charge on any atom is 0.170 e. The third-order valence-corrected chi connectivity index (χ3v) is 7.90. The monoisotopic (exact) mass is 546 g/mol. The summed E-state index contributed by atoms with van der Waals surface area (Å²) in [5, 5.41) is 9.04. The van der Waals surface area contributed by atoms with Gasteiger partial charge >= 0.3 is 0 Å². The fourth-order valence-electron chi connectivity index (χ4n) is 5.65. The Bertz CT molecular complexity index is 1580. The summed E-state index contributed by atoms with van der Waals surface area (Å²) in [6.45, 7) is 1.91. The molecule has 0 radical (unpaired) electrons. The van der Waals surface area contributed by atoms with Crippen LogP contribution in [0.5, 0.6) is 11.5 Å². The number of nitrogens with zero attached hydrogens (tertiary/aromatic N) is 2. The Kier molecular flexibility index (Phi) is 7.01. The predicted octanol–water partition coefficient (Wildman–Crippen LogP) is 6.55. The van der Waals surface area contributed by atoms with Gasteiger partial charge in [-0.15, -0.1) is 0 Å². The van der Waals surface area contributed by atoms with Crippen LogP contribution in [-0.4, -0.2) is 31.4 Å². The van der Waals surface area contributed by atoms with Crippen LogP contribution in [-0.2, 0) is 14.5 Å². The Morgan fingerprint density at radius 1 is 0.683 bits per heavy atom. The van der Waals surface area contributed by atoms with E-state index < -0.39 is 23.5 Å². The summed E-state index contributed by atoms with van der Waals surface area (Å²) in [7, 11) is 3.24. The molecule has 0 N–H and O–H groups in total. The fourth-order valence-corrected chi connectivity index (χ4v) is 5.65. The van der Waals surface area contributed by atoms with Crippen molar-refractivity contribution >= 4 is 17.2 Å². The lowest BCUT2D eigenvalue weighted by Crippen LogP contribution is -2.46. The van der Waals surface area contributed by atoms with Crippen molar-refractivity contribution in [2.75, 3.05) is 14.2 Å². The lowest BCUT2D eigenvalue weighted by Gasteiger charge is -2.33. The van der Waals surface area contributed by atoms with Crippen LogP contribution in [0.25, 0.3) is 0 Å². The van der Waals surface area contributed by atoms with E-state index in [1.807, 2.05) is 116 Å². The Morgan fingerprint density at radius 2 is 1.22 bits per heavy atom. The van der Waals surface area contributed by atoms with Crippen molar-refractivity contribution < 1.29 is 23.9 Å². The van der Waals surface area contributed by atoms with Crippen LogP contribution in [0.15, 0.2) is 120 Å². The second kappa shape index (κ2) is 10.9. The summed E-state index contributed by atoms with van der Waals surface area (Å²) >= 11 is 0. The zero-order chi connectivity index (χ0) is 28.4. The van der Waals surface area contributed by atoms with Crippen molar-refractivity contribution in [2.45, 2.75) is 19.1 Å². The second-order valence-electron chi connectivity index (χ2n) is 10.3. The fraction of sp³-hybridized carbons (Fsp3) is 0.206. The molecule has 0 saturated heterocycles. The molecular formula is C34H30N2O5. The minimum Gasteiger partial charge on any atom is -0.497 e. The summed E-state index contributed by atoms with van der Waals surface area (Å²) in [4.78, 5) is 27.3. The van der Waals surface area contributed by atoms with E-state index >= 15 is 4.79 Å². The molecule has 0 aromatic heterocycles. The number of hydrogen-bond acceptors (Lipinski definition) is 7. The molecule has 2 aliphatic rings. The molecule has 2 heterocycles. The molecule has 4 aromatic carbocycles. The number of ketones is 1. The minimum absolute atomic E-state index is 0.0978. The Labute approximate surface area is 239 Å². The smallest absolute Gasteiger partial charge is 0.170 e. The molecular weight excluding hydrogens is 516 g/mol. The molecule has 41 heavy (non-hydrogen) atoms. The molecule has 0 fully saturated rings. The van der Waals surface area contributed by atoms with E-state index in [1.165, 1.54) is 0 Å². The standard InChI is InChI=1S/C34H30N2O5/c1-34(31(24-16-20-27(39-3)21-17-24)36-41-33(34)25-12-8-5-9-13-25)32(37)28-29(22-14-18-26(38-2)19-15-22)35-40-30(28)23-10-6-4-7-11-23/h4-21,28,30,33H,1-3H3. The van der Waals surface area contributed by atoms with Crippen molar-refractivity contribution in [2.24, 2.45) is 21.6 Å². The summed E-state index contributed by atoms with van der Waals surface area (Å²) in [5.74, 6) is 0.597. The highest BCUT2D eigenvalue weighted by atomic mass is 16.7. The Hall–Kier alpha value is -4.91. The molecule has 7 nitrogen and oxygen atoms in total. The van der Waals surface area contributed by atoms with Gasteiger partial charge in [0.15, 0.2) is 18.0 Å². The molecule has 7 heteroatoms. The van der Waals surface area contributed by atoms with Crippen molar-refractivity contribution in [1.29, 1.82) is 0 Å². The van der Waals surface area contributed by atoms with E-state index in [9.17, 15) is 0 Å². The molecule has 6 rings (SSSR count). The average Bonchev–Trinajstić information content (AvgIpc) is 3.64. The molecule has 0 bridgehead atoms. The van der Waals surface area contributed by atoms with Crippen LogP contribution in [0.2, 0.25) is 0 Å². The molecule has 206 valence electrons. The highest BCUT2D eigenvalue weighted by molar-refractivity contribution is 6.25. The van der Waals surface area contributed by atoms with Gasteiger partial charge in [0.2, 0.25) is 0 Å². The summed E-state index contributed by atoms with van der Waals surface area (Å²) in [6, 6.07) is 34.5. The number of Topliss-reactive ketones (excluding diaryl/α,β-unsaturated/α-hetero) is 1. The highest BCUT2D eigenvalue weighted by Crippen LogP contribution is 2.50. The molecule has 2 aliphatic heterocycles. The first kappa shape index (κ1) is 26.3. The van der Waals surface area contributed by atoms with Gasteiger partial charge in [0.25, 0.3) is 0 Å². The SMILES string of the molecule is COc1ccc(C2=NOC(c3ccccc3)C2C(=O)C2(C)C(c3ccc(OC)cc3)=NOC2c2ccccc2)cc1. The summed E-state index contributed by atoms with van der Waals surface area (Å²) in [6.07, 6.45) is -1.27. The second-order valence-corrected chi connectivity index (χ2v) is 10.3. The van der Waals surface area contributed by atoms with Crippen LogP contribution in [0.1, 0.15) is 41.4 Å². The number of methoxy groups -OCH3 is 2. The van der Waals surface area contributed by atoms with Gasteiger partial charge in [0.05, 0.1) is 14.2 Å². The van der Waals surface area contributed by atoms with E-state index in [2.05, 4.69) is 10.3 Å². The number of carbonyl (C=O) groups excluding carboxylic acids is 1. The molecule has 0 saturated carbocycles. The lowest BCUT2D eigenvalue weighted by atomic mass is 9.66. The zero-order valence-corrected chi connectivity index (χ0v) is 23.1. The molecule has 0 spiro atoms. The summed E-state index contributed by atoms with van der Waals surface area (Å²) < 4.78 is 10.7. The molecule has 4 unspecified atom stereocenters. The first-order chi connectivity index (χ1) is 20.0. The Morgan fingerprint density at radius 3 is 1.78 bits per heavy atom. The Balaban J connectivity index is 1.48. The van der Waals surface area contributed by atoms with Crippen molar-refractivity contribution in [3.63, 3.8) is 0 Å². The van der Waals surface area contributed by atoms with Crippen LogP contribution in [0.4, 0.5) is 0 Å². The maximum absolute atomic E-state index is 15.2. The van der Waals surface area contributed by atoms with E-state index in [4.69, 9.17) is 19.1 Å². The number of ether oxygens (including phenoxy) is 2. The number of hydrogen-bond donors (Lipinski definition) is 0. The van der Waals surface area contributed by atoms with Gasteiger partial charge in [-0.2, -0.15) is 0 Å². The van der Waals surface area contributed by atoms with Crippen molar-refractivity contribution in [1.82, 2.24) is 0 Å². The first-order valence-corrected chi connectivity index (χ1v) is 13.5. The van der Waals surface area contributed by atoms with Crippen molar-refractivity contribution in [3.05, 3.63) is 131 Å². The number of benzene rings is 4. The van der Waals surface area contributed by atoms with Gasteiger partial charge < -0.3 is 19.1 Å². The van der Waals surface area contributed by atoms with Gasteiger partial charge in [-0.1, -0.05) is 71.0 Å². The quantitative estimate of drug-likeness (QED) is 0.251. The maximum atomic E-state index is 15.2. The molecule has 4 aromatic rings. The van der Waals surface area contributed by atoms with Crippen molar-refractivity contribution in [3.8, 4) is 11.5 Å². The minimum atomic E-state index is -1.17. The molecule has 4 atom stereocenters. The lowest BCUT2D eigenvalue weighted by molar-refractivity contribution is -0.134. The number of carbonyl (C=O) groups is 1. The van der Waals surface area contributed by atoms with Gasteiger partial charge in [-0.3, -0.25) is 4.79 Å². The van der Waals surface area contributed by atoms with Gasteiger partial charge in [0, 0.05) is 11.1 Å². The highest BCUT2D eigenvalue weighted by Gasteiger charge is 2.58. The topological polar surface area (TPSA) is 78.7 Å². The zero-order valence-electron chi connectivity index (χ0n) is 23.1. The van der Waals surface area contributed by atoms with E-state index in [0.29, 0.717) is 22.9 Å². The van der Waals surface area contributed by atoms with E-state index in [-0.39, 0.29) is 5.78 Å². The van der Waals surface area contributed by atoms with Gasteiger partial charge in [-0.25, -0.2) is 0 Å². The van der Waals surface area contributed by atoms with E-state index in [1.54, 1.807) is 14.2 Å². The third kappa shape index (κ3) is 4.63. The number of oxime groups is 2. The van der Waals surface area contributed by atoms with Gasteiger partial charge in [0.1, 0.15) is 34.3 Å². The first-order valence-electron chi connectivity index (χ1n) is 13.5. The van der Waals surface area contributed by atoms with Crippen LogP contribution in [0.3, 0.4) is 0 Å². The van der Waals surface area contributed by atoms with Gasteiger partial charge in [-0.05, 0) is 66.6 Å². The summed E-state index contributed by atoms with van der Waals surface area (Å²) in [5.41, 5.74) is 3.21. The largest absolute Gasteiger partial charge is 0.497 e. The van der Waals surface area contributed by atoms with Crippen LogP contribution in [0, 0.1) is 11.3 Å². The normalized spacial score (nSPS) is 23.1. The van der Waals surface area contributed by atoms with E-state index in [0.717, 1.165) is 22.3 Å². The average molecular weight is 547 g/mol. The van der Waals surface area contributed by atoms with Crippen LogP contribution < -0.4 is 9.47 Å². The number of rotatable bonds is 8. The van der Waals surface area contributed by atoms with Crippen LogP contribution >= 0.6 is 0 Å². The predicted molar refractivity (Wildman–Crippen MR) is 156 cm³/mol.